The van der Waals surface area contributed by atoms with Gasteiger partial charge in [0.05, 0.1) is 12.3 Å². The third kappa shape index (κ3) is 4.67. The van der Waals surface area contributed by atoms with Crippen molar-refractivity contribution < 1.29 is 9.59 Å². The van der Waals surface area contributed by atoms with Gasteiger partial charge in [-0.25, -0.2) is 0 Å². The zero-order valence-corrected chi connectivity index (χ0v) is 17.7. The van der Waals surface area contributed by atoms with Crippen molar-refractivity contribution in [1.29, 1.82) is 0 Å². The molecule has 0 spiro atoms. The molecule has 0 saturated carbocycles. The molecule has 0 aliphatic carbocycles. The van der Waals surface area contributed by atoms with E-state index in [-0.39, 0.29) is 17.7 Å². The summed E-state index contributed by atoms with van der Waals surface area (Å²) < 4.78 is 0.922. The maximum absolute atomic E-state index is 13.0. The summed E-state index contributed by atoms with van der Waals surface area (Å²) in [4.78, 5) is 27.5. The van der Waals surface area contributed by atoms with Crippen LogP contribution in [0.4, 0.5) is 5.69 Å². The highest BCUT2D eigenvalue weighted by Gasteiger charge is 2.28. The predicted octanol–water partition coefficient (Wildman–Crippen LogP) is 5.02. The second-order valence-corrected chi connectivity index (χ2v) is 8.41. The number of halogens is 1. The Morgan fingerprint density at radius 3 is 2.69 bits per heavy atom. The van der Waals surface area contributed by atoms with Crippen molar-refractivity contribution in [2.75, 3.05) is 18.4 Å². The summed E-state index contributed by atoms with van der Waals surface area (Å²) in [5.74, 6) is -0.119. The van der Waals surface area contributed by atoms with Crippen LogP contribution in [-0.2, 0) is 16.0 Å². The lowest BCUT2D eigenvalue weighted by Gasteiger charge is -2.32. The number of fused-ring (bicyclic) bond motifs is 1. The highest BCUT2D eigenvalue weighted by Crippen LogP contribution is 2.23. The molecule has 4 nitrogen and oxygen atoms in total. The predicted molar refractivity (Wildman–Crippen MR) is 120 cm³/mol. The molecule has 148 valence electrons. The molecule has 1 heterocycles. The van der Waals surface area contributed by atoms with E-state index in [9.17, 15) is 9.59 Å². The molecular formula is C24H23BrN2O2. The van der Waals surface area contributed by atoms with Gasteiger partial charge in [0.1, 0.15) is 0 Å². The first-order chi connectivity index (χ1) is 14.1. The number of hydrogen-bond acceptors (Lipinski definition) is 2. The van der Waals surface area contributed by atoms with E-state index in [1.807, 2.05) is 53.4 Å². The molecule has 1 unspecified atom stereocenters. The summed E-state index contributed by atoms with van der Waals surface area (Å²) in [7, 11) is 0. The number of piperidine rings is 1. The molecule has 1 N–H and O–H groups in total. The van der Waals surface area contributed by atoms with Crippen LogP contribution < -0.4 is 5.32 Å². The van der Waals surface area contributed by atoms with Gasteiger partial charge in [0.2, 0.25) is 11.8 Å². The van der Waals surface area contributed by atoms with Crippen LogP contribution in [0, 0.1) is 5.92 Å². The molecule has 29 heavy (non-hydrogen) atoms. The lowest BCUT2D eigenvalue weighted by molar-refractivity contribution is -0.133. The molecule has 0 aromatic heterocycles. The van der Waals surface area contributed by atoms with Crippen LogP contribution in [0.15, 0.2) is 71.2 Å². The summed E-state index contributed by atoms with van der Waals surface area (Å²) in [6, 6.07) is 21.8. The van der Waals surface area contributed by atoms with E-state index in [4.69, 9.17) is 0 Å². The zero-order valence-electron chi connectivity index (χ0n) is 16.1. The SMILES string of the molecule is O=C(Nc1cccc(Br)c1)C1CCCN(C(=O)Cc2cccc3ccccc23)C1. The minimum Gasteiger partial charge on any atom is -0.342 e. The largest absolute Gasteiger partial charge is 0.342 e. The van der Waals surface area contributed by atoms with Crippen LogP contribution in [0.3, 0.4) is 0 Å². The van der Waals surface area contributed by atoms with Gasteiger partial charge in [-0.05, 0) is 47.4 Å². The second kappa shape index (κ2) is 8.78. The van der Waals surface area contributed by atoms with Crippen molar-refractivity contribution in [3.05, 3.63) is 76.8 Å². The molecule has 1 aliphatic rings. The smallest absolute Gasteiger partial charge is 0.229 e. The molecule has 1 aliphatic heterocycles. The van der Waals surface area contributed by atoms with Gasteiger partial charge in [-0.1, -0.05) is 64.5 Å². The maximum Gasteiger partial charge on any atom is 0.229 e. The molecule has 2 amide bonds. The average Bonchev–Trinajstić information content (AvgIpc) is 2.74. The number of hydrogen-bond donors (Lipinski definition) is 1. The molecule has 1 fully saturated rings. The number of benzene rings is 3. The van der Waals surface area contributed by atoms with Gasteiger partial charge in [0.25, 0.3) is 0 Å². The number of anilines is 1. The first-order valence-electron chi connectivity index (χ1n) is 9.91. The van der Waals surface area contributed by atoms with E-state index in [1.54, 1.807) is 0 Å². The molecule has 3 aromatic rings. The van der Waals surface area contributed by atoms with Crippen molar-refractivity contribution in [3.8, 4) is 0 Å². The highest BCUT2D eigenvalue weighted by atomic mass is 79.9. The van der Waals surface area contributed by atoms with E-state index in [0.29, 0.717) is 19.5 Å². The standard InChI is InChI=1S/C24H23BrN2O2/c25-20-10-4-11-21(15-20)26-24(29)19-9-5-13-27(16-19)23(28)14-18-8-3-7-17-6-1-2-12-22(17)18/h1-4,6-8,10-12,15,19H,5,9,13-14,16H2,(H,26,29). The van der Waals surface area contributed by atoms with Crippen molar-refractivity contribution >= 4 is 44.2 Å². The average molecular weight is 451 g/mol. The van der Waals surface area contributed by atoms with Gasteiger partial charge in [0.15, 0.2) is 0 Å². The van der Waals surface area contributed by atoms with Crippen LogP contribution in [0.1, 0.15) is 18.4 Å². The Labute approximate surface area is 179 Å². The van der Waals surface area contributed by atoms with E-state index in [0.717, 1.165) is 39.3 Å². The highest BCUT2D eigenvalue weighted by molar-refractivity contribution is 9.10. The summed E-state index contributed by atoms with van der Waals surface area (Å²) in [5, 5.41) is 5.24. The Morgan fingerprint density at radius 2 is 1.83 bits per heavy atom. The molecular weight excluding hydrogens is 428 g/mol. The minimum absolute atomic E-state index is 0.0224. The molecule has 1 atom stereocenters. The Hall–Kier alpha value is -2.66. The molecule has 5 heteroatoms. The fourth-order valence-corrected chi connectivity index (χ4v) is 4.35. The summed E-state index contributed by atoms with van der Waals surface area (Å²) >= 11 is 3.42. The number of carbonyl (C=O) groups is 2. The van der Waals surface area contributed by atoms with Gasteiger partial charge in [0, 0.05) is 23.2 Å². The summed E-state index contributed by atoms with van der Waals surface area (Å²) in [6.45, 7) is 1.19. The van der Waals surface area contributed by atoms with E-state index < -0.39 is 0 Å². The number of nitrogens with one attached hydrogen (secondary N) is 1. The van der Waals surface area contributed by atoms with Crippen molar-refractivity contribution in [2.24, 2.45) is 5.92 Å². The molecule has 1 saturated heterocycles. The number of likely N-dealkylation sites (tertiary alicyclic amines) is 1. The van der Waals surface area contributed by atoms with E-state index in [1.165, 1.54) is 0 Å². The zero-order chi connectivity index (χ0) is 20.2. The topological polar surface area (TPSA) is 49.4 Å². The van der Waals surface area contributed by atoms with Crippen LogP contribution in [0.25, 0.3) is 10.8 Å². The molecule has 3 aromatic carbocycles. The fourth-order valence-electron chi connectivity index (χ4n) is 3.95. The lowest BCUT2D eigenvalue weighted by atomic mass is 9.95. The second-order valence-electron chi connectivity index (χ2n) is 7.49. The molecule has 0 radical (unpaired) electrons. The quantitative estimate of drug-likeness (QED) is 0.606. The van der Waals surface area contributed by atoms with Gasteiger partial charge in [-0.15, -0.1) is 0 Å². The molecule has 4 rings (SSSR count). The summed E-state index contributed by atoms with van der Waals surface area (Å²) in [5.41, 5.74) is 1.80. The van der Waals surface area contributed by atoms with E-state index in [2.05, 4.69) is 39.4 Å². The Bertz CT molecular complexity index is 1040. The monoisotopic (exact) mass is 450 g/mol. The Balaban J connectivity index is 1.42. The van der Waals surface area contributed by atoms with Gasteiger partial charge in [-0.3, -0.25) is 9.59 Å². The van der Waals surface area contributed by atoms with Crippen molar-refractivity contribution in [1.82, 2.24) is 4.90 Å². The van der Waals surface area contributed by atoms with Crippen LogP contribution in [0.5, 0.6) is 0 Å². The summed E-state index contributed by atoms with van der Waals surface area (Å²) in [6.07, 6.45) is 2.01. The maximum atomic E-state index is 13.0. The van der Waals surface area contributed by atoms with E-state index >= 15 is 0 Å². The van der Waals surface area contributed by atoms with Gasteiger partial charge in [-0.2, -0.15) is 0 Å². The van der Waals surface area contributed by atoms with Crippen LogP contribution in [-0.4, -0.2) is 29.8 Å². The molecule has 0 bridgehead atoms. The van der Waals surface area contributed by atoms with Gasteiger partial charge < -0.3 is 10.2 Å². The van der Waals surface area contributed by atoms with Crippen molar-refractivity contribution in [3.63, 3.8) is 0 Å². The van der Waals surface area contributed by atoms with Crippen LogP contribution in [0.2, 0.25) is 0 Å². The van der Waals surface area contributed by atoms with Gasteiger partial charge >= 0.3 is 0 Å². The van der Waals surface area contributed by atoms with Crippen molar-refractivity contribution in [2.45, 2.75) is 19.3 Å². The lowest BCUT2D eigenvalue weighted by Crippen LogP contribution is -2.44. The number of nitrogens with zero attached hydrogens (tertiary/aromatic N) is 1. The van der Waals surface area contributed by atoms with Crippen LogP contribution >= 0.6 is 15.9 Å². The normalized spacial score (nSPS) is 16.6. The third-order valence-electron chi connectivity index (χ3n) is 5.46. The Kier molecular flexibility index (Phi) is 5.95. The Morgan fingerprint density at radius 1 is 1.03 bits per heavy atom. The number of rotatable bonds is 4. The fraction of sp³-hybridized carbons (Fsp3) is 0.250. The third-order valence-corrected chi connectivity index (χ3v) is 5.95. The number of amides is 2. The first kappa shape index (κ1) is 19.6. The minimum atomic E-state index is -0.181. The number of carbonyl (C=O) groups excluding carboxylic acids is 2. The first-order valence-corrected chi connectivity index (χ1v) is 10.7.